The first-order chi connectivity index (χ1) is 0. The Balaban J connectivity index is 0. The molecule has 0 amide bonds. The summed E-state index contributed by atoms with van der Waals surface area (Å²) in [6.45, 7) is 0. The molecule has 0 spiro atoms. The molecule has 0 aromatic carbocycles. The Morgan fingerprint density at radius 3 is 1.00 bits per heavy atom. The van der Waals surface area contributed by atoms with Gasteiger partial charge >= 0.3 is 0 Å². The van der Waals surface area contributed by atoms with Gasteiger partial charge in [0, 0.05) is 86.5 Å². The van der Waals surface area contributed by atoms with E-state index in [2.05, 4.69) is 0 Å². The molecule has 0 nitrogen and oxygen atoms in total. The molecule has 0 saturated heterocycles. The van der Waals surface area contributed by atoms with Crippen LogP contribution in [0.4, 0.5) is 0 Å². The summed E-state index contributed by atoms with van der Waals surface area (Å²) >= 11 is 0. The van der Waals surface area contributed by atoms with Crippen molar-refractivity contribution >= 4 is 17.4 Å². The van der Waals surface area contributed by atoms with Crippen molar-refractivity contribution in [3.63, 3.8) is 0 Å². The zero-order valence-electron chi connectivity index (χ0n) is 1.77. The van der Waals surface area contributed by atoms with Crippen LogP contribution in [0.15, 0.2) is 0 Å². The SMILES string of the molecule is [Al].[Cu].[La].[Ni]. The molecule has 0 fully saturated rings. The van der Waals surface area contributed by atoms with Crippen molar-refractivity contribution in [2.75, 3.05) is 0 Å². The summed E-state index contributed by atoms with van der Waals surface area (Å²) in [6, 6.07) is 0. The second-order valence-electron chi connectivity index (χ2n) is 0. The average Bonchev–Trinajstić information content (AvgIpc) is 0. The van der Waals surface area contributed by atoms with E-state index in [9.17, 15) is 0 Å². The third-order valence-electron chi connectivity index (χ3n) is 0. The van der Waals surface area contributed by atoms with Gasteiger partial charge < -0.3 is 0 Å². The standard InChI is InChI=1S/Al.Cu.La.Ni. The van der Waals surface area contributed by atoms with Gasteiger partial charge in [0.25, 0.3) is 0 Å². The minimum atomic E-state index is 0. The van der Waals surface area contributed by atoms with E-state index < -0.39 is 0 Å². The molecule has 27 valence electrons. The predicted octanol–water partition coefficient (Wildman–Crippen LogP) is -0.386. The van der Waals surface area contributed by atoms with Crippen molar-refractivity contribution in [1.29, 1.82) is 0 Å². The first-order valence-corrected chi connectivity index (χ1v) is 0. The normalized spacial score (nSPS) is 0. The largest absolute Gasteiger partial charge is 0 e. The molecule has 0 unspecified atom stereocenters. The maximum absolute atomic E-state index is 0. The summed E-state index contributed by atoms with van der Waals surface area (Å²) in [5.74, 6) is 0. The molecule has 0 aliphatic heterocycles. The monoisotopic (exact) mass is 287 g/mol. The minimum absolute atomic E-state index is 0. The fraction of sp³-hybridized carbons (Fsp3) is 0. The maximum Gasteiger partial charge on any atom is 0 e. The Kier molecular flexibility index (Phi) is 127. The molecule has 4 heteroatoms. The number of hydrogen-bond acceptors (Lipinski definition) is 0. The van der Waals surface area contributed by atoms with Crippen molar-refractivity contribution in [2.24, 2.45) is 0 Å². The van der Waals surface area contributed by atoms with Crippen molar-refractivity contribution in [1.82, 2.24) is 0 Å². The third-order valence-corrected chi connectivity index (χ3v) is 0. The maximum atomic E-state index is 0. The fourth-order valence-corrected chi connectivity index (χ4v) is 0. The van der Waals surface area contributed by atoms with Gasteiger partial charge in [0.1, 0.15) is 0 Å². The van der Waals surface area contributed by atoms with E-state index in [4.69, 9.17) is 0 Å². The van der Waals surface area contributed by atoms with Crippen molar-refractivity contribution in [3.8, 4) is 0 Å². The van der Waals surface area contributed by atoms with Crippen LogP contribution < -0.4 is 0 Å². The second-order valence-corrected chi connectivity index (χ2v) is 0. The van der Waals surface area contributed by atoms with Crippen molar-refractivity contribution in [2.45, 2.75) is 0 Å². The molecule has 0 rings (SSSR count). The van der Waals surface area contributed by atoms with E-state index in [1.165, 1.54) is 0 Å². The van der Waals surface area contributed by atoms with Crippen LogP contribution in [-0.2, 0) is 33.6 Å². The van der Waals surface area contributed by atoms with Gasteiger partial charge in [0.05, 0.1) is 0 Å². The van der Waals surface area contributed by atoms with Crippen molar-refractivity contribution < 1.29 is 69.2 Å². The van der Waals surface area contributed by atoms with Crippen LogP contribution in [0.3, 0.4) is 0 Å². The minimum Gasteiger partial charge on any atom is 0 e. The molecule has 0 N–H and O–H groups in total. The van der Waals surface area contributed by atoms with Gasteiger partial charge in [-0.1, -0.05) is 0 Å². The predicted molar refractivity (Wildman–Crippen MR) is 5.75 cm³/mol. The summed E-state index contributed by atoms with van der Waals surface area (Å²) in [6.07, 6.45) is 0. The molecule has 5 radical (unpaired) electrons. The average molecular weight is 288 g/mol. The third kappa shape index (κ3) is 8.83. The fourth-order valence-electron chi connectivity index (χ4n) is 0. The van der Waals surface area contributed by atoms with E-state index >= 15 is 0 Å². The Bertz CT molecular complexity index is 8.00. The molecule has 0 atom stereocenters. The molecule has 0 aromatic heterocycles. The van der Waals surface area contributed by atoms with Crippen LogP contribution in [0.1, 0.15) is 0 Å². The molecule has 0 saturated carbocycles. The first kappa shape index (κ1) is 29.6. The molecule has 0 aliphatic carbocycles. The van der Waals surface area contributed by atoms with Crippen LogP contribution in [-0.4, -0.2) is 17.4 Å². The van der Waals surface area contributed by atoms with Gasteiger partial charge in [-0.2, -0.15) is 0 Å². The van der Waals surface area contributed by atoms with Gasteiger partial charge in [-0.15, -0.1) is 0 Å². The summed E-state index contributed by atoms with van der Waals surface area (Å²) in [4.78, 5) is 0. The van der Waals surface area contributed by atoms with Crippen molar-refractivity contribution in [3.05, 3.63) is 0 Å². The molecule has 0 aliphatic rings. The second kappa shape index (κ2) is 17.2. The quantitative estimate of drug-likeness (QED) is 0.533. The Hall–Kier alpha value is 2.74. The van der Waals surface area contributed by atoms with E-state index in [0.29, 0.717) is 0 Å². The van der Waals surface area contributed by atoms with Crippen LogP contribution in [0.2, 0.25) is 0 Å². The van der Waals surface area contributed by atoms with Crippen LogP contribution >= 0.6 is 0 Å². The summed E-state index contributed by atoms with van der Waals surface area (Å²) in [5.41, 5.74) is 0. The van der Waals surface area contributed by atoms with E-state index in [-0.39, 0.29) is 86.5 Å². The summed E-state index contributed by atoms with van der Waals surface area (Å²) in [5, 5.41) is 0. The van der Waals surface area contributed by atoms with Crippen LogP contribution in [0, 0.1) is 35.6 Å². The molecular formula is AlCuLaNi. The first-order valence-electron chi connectivity index (χ1n) is 0. The number of hydrogen-bond donors (Lipinski definition) is 0. The molecule has 0 heterocycles. The smallest absolute Gasteiger partial charge is 0 e. The summed E-state index contributed by atoms with van der Waals surface area (Å²) < 4.78 is 0. The molecule has 0 bridgehead atoms. The van der Waals surface area contributed by atoms with Crippen LogP contribution in [0.25, 0.3) is 0 Å². The van der Waals surface area contributed by atoms with E-state index in [1.807, 2.05) is 0 Å². The van der Waals surface area contributed by atoms with Gasteiger partial charge in [-0.3, -0.25) is 0 Å². The zero-order chi connectivity index (χ0) is 0. The number of rotatable bonds is 0. The Labute approximate surface area is 85.0 Å². The molecule has 4 heavy (non-hydrogen) atoms. The van der Waals surface area contributed by atoms with Crippen LogP contribution in [0.5, 0.6) is 0 Å². The topological polar surface area (TPSA) is 0 Å². The summed E-state index contributed by atoms with van der Waals surface area (Å²) in [7, 11) is 0. The molecular weight excluding hydrogens is 288 g/mol. The molecule has 0 aromatic rings. The Morgan fingerprint density at radius 1 is 1.00 bits per heavy atom. The van der Waals surface area contributed by atoms with Gasteiger partial charge in [0.15, 0.2) is 0 Å². The van der Waals surface area contributed by atoms with Gasteiger partial charge in [-0.25, -0.2) is 0 Å². The zero-order valence-corrected chi connectivity index (χ0v) is 8.48. The Morgan fingerprint density at radius 2 is 1.00 bits per heavy atom. The van der Waals surface area contributed by atoms with Gasteiger partial charge in [-0.05, 0) is 0 Å². The van der Waals surface area contributed by atoms with E-state index in [0.717, 1.165) is 0 Å². The van der Waals surface area contributed by atoms with E-state index in [1.54, 1.807) is 0 Å². The van der Waals surface area contributed by atoms with Gasteiger partial charge in [0.2, 0.25) is 0 Å².